The van der Waals surface area contributed by atoms with Crippen molar-refractivity contribution in [2.24, 2.45) is 0 Å². The Bertz CT molecular complexity index is 238. The Kier molecular flexibility index (Phi) is 4.78. The molecule has 0 bridgehead atoms. The number of rotatable bonds is 5. The monoisotopic (exact) mass is 213 g/mol. The van der Waals surface area contributed by atoms with E-state index >= 15 is 0 Å². The molecule has 0 radical (unpaired) electrons. The average Bonchev–Trinajstić information content (AvgIpc) is 2.18. The van der Waals surface area contributed by atoms with E-state index in [-0.39, 0.29) is 11.7 Å². The van der Waals surface area contributed by atoms with Crippen molar-refractivity contribution in [1.82, 2.24) is 4.90 Å². The topological polar surface area (TPSA) is 49.8 Å². The van der Waals surface area contributed by atoms with Gasteiger partial charge in [-0.05, 0) is 6.42 Å². The van der Waals surface area contributed by atoms with Crippen molar-refractivity contribution in [3.05, 3.63) is 12.2 Å². The molecule has 1 rings (SSSR count). The summed E-state index contributed by atoms with van der Waals surface area (Å²) in [6, 6.07) is 0. The first-order chi connectivity index (χ1) is 7.13. The Morgan fingerprint density at radius 1 is 1.67 bits per heavy atom. The molecule has 1 unspecified atom stereocenters. The van der Waals surface area contributed by atoms with Crippen molar-refractivity contribution in [1.29, 1.82) is 0 Å². The zero-order valence-electron chi connectivity index (χ0n) is 9.24. The number of hydrogen-bond donors (Lipinski definition) is 1. The molecule has 1 atom stereocenters. The number of ether oxygens (including phenoxy) is 1. The Labute approximate surface area is 90.5 Å². The summed E-state index contributed by atoms with van der Waals surface area (Å²) < 4.78 is 5.57. The summed E-state index contributed by atoms with van der Waals surface area (Å²) in [6.45, 7) is 8.41. The zero-order valence-corrected chi connectivity index (χ0v) is 9.24. The molecule has 0 aliphatic carbocycles. The van der Waals surface area contributed by atoms with Crippen molar-refractivity contribution in [3.8, 4) is 0 Å². The number of morpholine rings is 1. The predicted octanol–water partition coefficient (Wildman–Crippen LogP) is 1.13. The summed E-state index contributed by atoms with van der Waals surface area (Å²) in [5.41, 5.74) is 0.257. The van der Waals surface area contributed by atoms with Crippen molar-refractivity contribution >= 4 is 5.97 Å². The van der Waals surface area contributed by atoms with Gasteiger partial charge in [0.1, 0.15) is 0 Å². The standard InChI is InChI=1S/C11H19NO3/c1-3-4-10-8-12(5-6-15-10)7-9(2)11(13)14/h10H,2-8H2,1H3,(H,13,14). The molecule has 0 aromatic rings. The molecule has 1 heterocycles. The van der Waals surface area contributed by atoms with Gasteiger partial charge in [-0.1, -0.05) is 19.9 Å². The Morgan fingerprint density at radius 2 is 2.40 bits per heavy atom. The Morgan fingerprint density at radius 3 is 3.00 bits per heavy atom. The van der Waals surface area contributed by atoms with Gasteiger partial charge in [-0.2, -0.15) is 0 Å². The van der Waals surface area contributed by atoms with E-state index in [0.717, 1.165) is 25.9 Å². The average molecular weight is 213 g/mol. The predicted molar refractivity (Wildman–Crippen MR) is 57.9 cm³/mol. The molecule has 0 aromatic carbocycles. The lowest BCUT2D eigenvalue weighted by Gasteiger charge is -2.32. The van der Waals surface area contributed by atoms with Crippen LogP contribution >= 0.6 is 0 Å². The van der Waals surface area contributed by atoms with Crippen LogP contribution in [0.2, 0.25) is 0 Å². The number of nitrogens with zero attached hydrogens (tertiary/aromatic N) is 1. The maximum Gasteiger partial charge on any atom is 0.332 e. The van der Waals surface area contributed by atoms with E-state index in [0.29, 0.717) is 13.2 Å². The van der Waals surface area contributed by atoms with Crippen LogP contribution in [0.4, 0.5) is 0 Å². The molecule has 4 nitrogen and oxygen atoms in total. The molecule has 1 aliphatic rings. The van der Waals surface area contributed by atoms with Crippen LogP contribution in [0.25, 0.3) is 0 Å². The molecule has 0 saturated carbocycles. The summed E-state index contributed by atoms with van der Waals surface area (Å²) >= 11 is 0. The first kappa shape index (κ1) is 12.2. The molecular formula is C11H19NO3. The molecule has 0 spiro atoms. The van der Waals surface area contributed by atoms with Crippen LogP contribution in [0.1, 0.15) is 19.8 Å². The van der Waals surface area contributed by atoms with Gasteiger partial charge in [-0.3, -0.25) is 4.90 Å². The van der Waals surface area contributed by atoms with Crippen molar-refractivity contribution in [2.45, 2.75) is 25.9 Å². The molecule has 1 aliphatic heterocycles. The maximum atomic E-state index is 10.6. The van der Waals surface area contributed by atoms with E-state index in [1.807, 2.05) is 0 Å². The number of carbonyl (C=O) groups is 1. The van der Waals surface area contributed by atoms with Crippen LogP contribution in [0.15, 0.2) is 12.2 Å². The second-order valence-electron chi connectivity index (χ2n) is 3.93. The quantitative estimate of drug-likeness (QED) is 0.695. The molecular weight excluding hydrogens is 194 g/mol. The third-order valence-corrected chi connectivity index (χ3v) is 2.55. The van der Waals surface area contributed by atoms with Gasteiger partial charge in [-0.15, -0.1) is 0 Å². The molecule has 86 valence electrons. The van der Waals surface area contributed by atoms with E-state index in [2.05, 4.69) is 18.4 Å². The van der Waals surface area contributed by atoms with Crippen molar-refractivity contribution in [3.63, 3.8) is 0 Å². The third kappa shape index (κ3) is 4.01. The van der Waals surface area contributed by atoms with Gasteiger partial charge in [0, 0.05) is 25.2 Å². The number of hydrogen-bond acceptors (Lipinski definition) is 3. The lowest BCUT2D eigenvalue weighted by Crippen LogP contribution is -2.43. The molecule has 4 heteroatoms. The van der Waals surface area contributed by atoms with E-state index in [1.54, 1.807) is 0 Å². The smallest absolute Gasteiger partial charge is 0.332 e. The number of carboxylic acid groups (broad SMARTS) is 1. The van der Waals surface area contributed by atoms with E-state index in [4.69, 9.17) is 9.84 Å². The summed E-state index contributed by atoms with van der Waals surface area (Å²) in [5.74, 6) is -0.909. The van der Waals surface area contributed by atoms with Gasteiger partial charge in [-0.25, -0.2) is 4.79 Å². The van der Waals surface area contributed by atoms with Crippen LogP contribution in [0.3, 0.4) is 0 Å². The second-order valence-corrected chi connectivity index (χ2v) is 3.93. The summed E-state index contributed by atoms with van der Waals surface area (Å²) in [4.78, 5) is 12.7. The highest BCUT2D eigenvalue weighted by Gasteiger charge is 2.21. The molecule has 15 heavy (non-hydrogen) atoms. The normalized spacial score (nSPS) is 22.6. The van der Waals surface area contributed by atoms with Crippen LogP contribution in [-0.4, -0.2) is 48.3 Å². The highest BCUT2D eigenvalue weighted by molar-refractivity contribution is 5.86. The summed E-state index contributed by atoms with van der Waals surface area (Å²) in [7, 11) is 0. The minimum atomic E-state index is -0.909. The molecule has 1 saturated heterocycles. The van der Waals surface area contributed by atoms with Crippen molar-refractivity contribution < 1.29 is 14.6 Å². The Hall–Kier alpha value is -0.870. The minimum Gasteiger partial charge on any atom is -0.478 e. The second kappa shape index (κ2) is 5.88. The minimum absolute atomic E-state index is 0.255. The van der Waals surface area contributed by atoms with Crippen LogP contribution in [0, 0.1) is 0 Å². The van der Waals surface area contributed by atoms with Crippen LogP contribution in [-0.2, 0) is 9.53 Å². The summed E-state index contributed by atoms with van der Waals surface area (Å²) in [5, 5.41) is 8.72. The van der Waals surface area contributed by atoms with Crippen LogP contribution in [0.5, 0.6) is 0 Å². The van der Waals surface area contributed by atoms with Gasteiger partial charge in [0.05, 0.1) is 12.7 Å². The fraction of sp³-hybridized carbons (Fsp3) is 0.727. The number of carboxylic acids is 1. The number of aliphatic carboxylic acids is 1. The molecule has 0 aromatic heterocycles. The highest BCUT2D eigenvalue weighted by Crippen LogP contribution is 2.11. The largest absolute Gasteiger partial charge is 0.478 e. The van der Waals surface area contributed by atoms with E-state index in [1.165, 1.54) is 0 Å². The Balaban J connectivity index is 2.36. The van der Waals surface area contributed by atoms with Gasteiger partial charge in [0.2, 0.25) is 0 Å². The SMILES string of the molecule is C=C(CN1CCOC(CCC)C1)C(=O)O. The van der Waals surface area contributed by atoms with Crippen LogP contribution < -0.4 is 0 Å². The molecule has 0 amide bonds. The highest BCUT2D eigenvalue weighted by atomic mass is 16.5. The maximum absolute atomic E-state index is 10.6. The molecule has 1 fully saturated rings. The summed E-state index contributed by atoms with van der Waals surface area (Å²) in [6.07, 6.45) is 2.39. The fourth-order valence-corrected chi connectivity index (χ4v) is 1.76. The lowest BCUT2D eigenvalue weighted by molar-refractivity contribution is -0.133. The van der Waals surface area contributed by atoms with Gasteiger partial charge in [0.15, 0.2) is 0 Å². The first-order valence-corrected chi connectivity index (χ1v) is 5.38. The lowest BCUT2D eigenvalue weighted by atomic mass is 10.1. The van der Waals surface area contributed by atoms with E-state index in [9.17, 15) is 4.79 Å². The third-order valence-electron chi connectivity index (χ3n) is 2.55. The fourth-order valence-electron chi connectivity index (χ4n) is 1.76. The first-order valence-electron chi connectivity index (χ1n) is 5.38. The van der Waals surface area contributed by atoms with Gasteiger partial charge in [0.25, 0.3) is 0 Å². The molecule has 1 N–H and O–H groups in total. The van der Waals surface area contributed by atoms with Crippen molar-refractivity contribution in [2.75, 3.05) is 26.2 Å². The zero-order chi connectivity index (χ0) is 11.3. The van der Waals surface area contributed by atoms with Gasteiger partial charge < -0.3 is 9.84 Å². The van der Waals surface area contributed by atoms with E-state index < -0.39 is 5.97 Å². The van der Waals surface area contributed by atoms with Gasteiger partial charge >= 0.3 is 5.97 Å².